The van der Waals surface area contributed by atoms with Gasteiger partial charge in [-0.1, -0.05) is 23.3 Å². The summed E-state index contributed by atoms with van der Waals surface area (Å²) in [5, 5.41) is 11.9. The number of alkyl halides is 9. The van der Waals surface area contributed by atoms with Gasteiger partial charge in [-0.3, -0.25) is 0 Å². The highest BCUT2D eigenvalue weighted by molar-refractivity contribution is 5.89. The molecular weight excluding hydrogens is 671 g/mol. The first-order valence-corrected chi connectivity index (χ1v) is 14.8. The van der Waals surface area contributed by atoms with Gasteiger partial charge in [0.05, 0.1) is 42.5 Å². The molecule has 1 aromatic heterocycles. The van der Waals surface area contributed by atoms with Gasteiger partial charge < -0.3 is 14.5 Å². The van der Waals surface area contributed by atoms with Crippen LogP contribution in [0.4, 0.5) is 51.1 Å². The Balaban J connectivity index is 1.64. The molecule has 262 valence electrons. The minimum Gasteiger partial charge on any atom is -0.465 e. The number of methoxy groups -OCH3 is 1. The van der Waals surface area contributed by atoms with Gasteiger partial charge in [0.2, 0.25) is 0 Å². The van der Waals surface area contributed by atoms with Crippen molar-refractivity contribution in [3.05, 3.63) is 99.1 Å². The number of benzene rings is 3. The van der Waals surface area contributed by atoms with Crippen LogP contribution in [0.3, 0.4) is 0 Å². The van der Waals surface area contributed by atoms with Crippen molar-refractivity contribution in [2.24, 2.45) is 7.05 Å². The van der Waals surface area contributed by atoms with E-state index in [0.29, 0.717) is 29.7 Å². The maximum absolute atomic E-state index is 14.2. The Morgan fingerprint density at radius 1 is 0.898 bits per heavy atom. The second-order valence-electron chi connectivity index (χ2n) is 11.6. The number of aryl methyl sites for hydroxylation is 2. The molecule has 17 heteroatoms. The van der Waals surface area contributed by atoms with Gasteiger partial charge in [-0.15, -0.1) is 5.10 Å². The van der Waals surface area contributed by atoms with Gasteiger partial charge in [0.15, 0.2) is 0 Å². The molecular formula is C32H29F9N6O2. The molecule has 0 bridgehead atoms. The first kappa shape index (κ1) is 35.5. The van der Waals surface area contributed by atoms with E-state index in [-0.39, 0.29) is 53.9 Å². The number of ether oxygens (including phenoxy) is 1. The molecule has 4 aromatic rings. The first-order valence-electron chi connectivity index (χ1n) is 14.8. The topological polar surface area (TPSA) is 76.4 Å². The Hall–Kier alpha value is -4.83. The second-order valence-corrected chi connectivity index (χ2v) is 11.6. The molecule has 0 fully saturated rings. The fraction of sp³-hybridized carbons (Fsp3) is 0.375. The van der Waals surface area contributed by atoms with Gasteiger partial charge >= 0.3 is 24.5 Å². The Labute approximate surface area is 274 Å². The van der Waals surface area contributed by atoms with Crippen LogP contribution in [0.25, 0.3) is 0 Å². The van der Waals surface area contributed by atoms with Crippen molar-refractivity contribution in [2.45, 2.75) is 57.4 Å². The largest absolute Gasteiger partial charge is 0.465 e. The van der Waals surface area contributed by atoms with E-state index in [9.17, 15) is 44.3 Å². The first-order chi connectivity index (χ1) is 22.8. The molecule has 0 radical (unpaired) electrons. The van der Waals surface area contributed by atoms with Gasteiger partial charge in [-0.2, -0.15) is 44.3 Å². The lowest BCUT2D eigenvalue weighted by Gasteiger charge is -2.33. The summed E-state index contributed by atoms with van der Waals surface area (Å²) in [6.07, 6.45) is -14.3. The Kier molecular flexibility index (Phi) is 9.58. The van der Waals surface area contributed by atoms with E-state index >= 15 is 0 Å². The zero-order valence-electron chi connectivity index (χ0n) is 26.2. The fourth-order valence-corrected chi connectivity index (χ4v) is 5.91. The summed E-state index contributed by atoms with van der Waals surface area (Å²) < 4.78 is 130. The SMILES string of the molecule is COC(=O)c1ccc(CN2CCCC(N(Cc3cc(C(F)(F)F)cc(C(F)(F)F)c3)c3nnn(C)n3)c3cc(C)c(C(F)(F)F)cc32)cc1. The van der Waals surface area contributed by atoms with Crippen LogP contribution in [0.15, 0.2) is 54.6 Å². The molecule has 0 aliphatic carbocycles. The lowest BCUT2D eigenvalue weighted by atomic mass is 9.94. The number of carbonyl (C=O) groups excluding carboxylic acids is 1. The number of rotatable bonds is 7. The number of carbonyl (C=O) groups is 1. The summed E-state index contributed by atoms with van der Waals surface area (Å²) in [4.78, 5) is 16.0. The van der Waals surface area contributed by atoms with Gasteiger partial charge in [0, 0.05) is 25.3 Å². The second kappa shape index (κ2) is 13.2. The summed E-state index contributed by atoms with van der Waals surface area (Å²) in [6.45, 7) is 1.08. The zero-order valence-corrected chi connectivity index (χ0v) is 26.2. The van der Waals surface area contributed by atoms with Crippen LogP contribution >= 0.6 is 0 Å². The van der Waals surface area contributed by atoms with Gasteiger partial charge in [-0.25, -0.2) is 4.79 Å². The van der Waals surface area contributed by atoms with Crippen molar-refractivity contribution in [1.82, 2.24) is 20.2 Å². The number of halogens is 9. The Morgan fingerprint density at radius 2 is 1.53 bits per heavy atom. The maximum Gasteiger partial charge on any atom is 0.416 e. The third-order valence-electron chi connectivity index (χ3n) is 8.16. The van der Waals surface area contributed by atoms with Crippen molar-refractivity contribution in [3.8, 4) is 0 Å². The van der Waals surface area contributed by atoms with Crippen LogP contribution < -0.4 is 9.80 Å². The third-order valence-corrected chi connectivity index (χ3v) is 8.16. The number of anilines is 2. The molecule has 3 aromatic carbocycles. The highest BCUT2D eigenvalue weighted by Gasteiger charge is 2.39. The summed E-state index contributed by atoms with van der Waals surface area (Å²) >= 11 is 0. The van der Waals surface area contributed by atoms with Crippen molar-refractivity contribution in [3.63, 3.8) is 0 Å². The van der Waals surface area contributed by atoms with E-state index in [4.69, 9.17) is 4.74 Å². The predicted molar refractivity (Wildman–Crippen MR) is 158 cm³/mol. The number of tetrazole rings is 1. The Morgan fingerprint density at radius 3 is 2.06 bits per heavy atom. The van der Waals surface area contributed by atoms with Crippen molar-refractivity contribution < 1.29 is 49.0 Å². The van der Waals surface area contributed by atoms with E-state index in [1.165, 1.54) is 44.2 Å². The average molecular weight is 701 g/mol. The quantitative estimate of drug-likeness (QED) is 0.143. The molecule has 0 N–H and O–H groups in total. The fourth-order valence-electron chi connectivity index (χ4n) is 5.91. The molecule has 1 unspecified atom stereocenters. The Bertz CT molecular complexity index is 1790. The van der Waals surface area contributed by atoms with Crippen molar-refractivity contribution >= 4 is 17.6 Å². The van der Waals surface area contributed by atoms with E-state index in [0.717, 1.165) is 10.9 Å². The zero-order chi connectivity index (χ0) is 35.9. The number of nitrogens with zero attached hydrogens (tertiary/aromatic N) is 6. The molecule has 0 amide bonds. The van der Waals surface area contributed by atoms with E-state index in [1.54, 1.807) is 17.0 Å². The lowest BCUT2D eigenvalue weighted by Crippen LogP contribution is -2.30. The van der Waals surface area contributed by atoms with Crippen LogP contribution in [0.1, 0.15) is 68.2 Å². The van der Waals surface area contributed by atoms with Crippen molar-refractivity contribution in [1.29, 1.82) is 0 Å². The number of fused-ring (bicyclic) bond motifs is 1. The van der Waals surface area contributed by atoms with Gasteiger partial charge in [0.1, 0.15) is 0 Å². The van der Waals surface area contributed by atoms with E-state index < -0.39 is 53.8 Å². The minimum absolute atomic E-state index is 0.0208. The molecule has 1 aliphatic rings. The predicted octanol–water partition coefficient (Wildman–Crippen LogP) is 7.91. The molecule has 8 nitrogen and oxygen atoms in total. The maximum atomic E-state index is 14.2. The van der Waals surface area contributed by atoms with Crippen LogP contribution in [0.2, 0.25) is 0 Å². The third kappa shape index (κ3) is 7.91. The molecule has 1 atom stereocenters. The monoisotopic (exact) mass is 700 g/mol. The van der Waals surface area contributed by atoms with Crippen molar-refractivity contribution in [2.75, 3.05) is 23.5 Å². The standard InChI is InChI=1S/C32H29F9N6O2/c1-18-11-24-26(47(29-42-44-45(2)43-29)17-20-12-22(30(33,34)35)14-23(13-20)31(36,37)38)5-4-10-46(27(24)15-25(18)32(39,40)41)16-19-6-8-21(9-7-19)28(48)49-3/h6-9,11-15,26H,4-5,10,16-17H2,1-3H3. The number of hydrogen-bond donors (Lipinski definition) is 0. The summed E-state index contributed by atoms with van der Waals surface area (Å²) in [5.74, 6) is -0.713. The van der Waals surface area contributed by atoms with Crippen LogP contribution in [0, 0.1) is 6.92 Å². The molecule has 49 heavy (non-hydrogen) atoms. The summed E-state index contributed by atoms with van der Waals surface area (Å²) in [5.41, 5.74) is -3.01. The van der Waals surface area contributed by atoms with Crippen LogP contribution in [0.5, 0.6) is 0 Å². The highest BCUT2D eigenvalue weighted by Crippen LogP contribution is 2.44. The van der Waals surface area contributed by atoms with Crippen LogP contribution in [-0.4, -0.2) is 39.8 Å². The van der Waals surface area contributed by atoms with E-state index in [1.807, 2.05) is 0 Å². The minimum atomic E-state index is -5.10. The molecule has 5 rings (SSSR count). The smallest absolute Gasteiger partial charge is 0.416 e. The van der Waals surface area contributed by atoms with Gasteiger partial charge in [-0.05, 0) is 83.6 Å². The molecule has 0 saturated heterocycles. The molecule has 2 heterocycles. The lowest BCUT2D eigenvalue weighted by molar-refractivity contribution is -0.143. The number of aromatic nitrogens is 4. The highest BCUT2D eigenvalue weighted by atomic mass is 19.4. The summed E-state index contributed by atoms with van der Waals surface area (Å²) in [7, 11) is 2.64. The van der Waals surface area contributed by atoms with Crippen LogP contribution in [-0.2, 0) is 43.4 Å². The molecule has 0 saturated carbocycles. The molecule has 0 spiro atoms. The number of hydrogen-bond acceptors (Lipinski definition) is 7. The van der Waals surface area contributed by atoms with Gasteiger partial charge in [0.25, 0.3) is 5.95 Å². The normalized spacial score (nSPS) is 15.5. The summed E-state index contributed by atoms with van der Waals surface area (Å²) in [6, 6.07) is 8.96. The van der Waals surface area contributed by atoms with E-state index in [2.05, 4.69) is 15.4 Å². The molecule has 1 aliphatic heterocycles. The number of esters is 1. The average Bonchev–Trinajstić information content (AvgIpc) is 3.38.